The van der Waals surface area contributed by atoms with E-state index in [2.05, 4.69) is 39.0 Å². The van der Waals surface area contributed by atoms with Crippen molar-refractivity contribution < 1.29 is 19.1 Å². The van der Waals surface area contributed by atoms with E-state index in [-0.39, 0.29) is 30.4 Å². The van der Waals surface area contributed by atoms with Gasteiger partial charge in [0.2, 0.25) is 0 Å². The predicted molar refractivity (Wildman–Crippen MR) is 143 cm³/mol. The number of imidazole rings is 1. The molecule has 0 aliphatic carbocycles. The molecule has 10 heteroatoms. The summed E-state index contributed by atoms with van der Waals surface area (Å²) in [5.74, 6) is 12.4. The number of hydrogen-bond acceptors (Lipinski definition) is 7. The number of likely N-dealkylation sites (tertiary alicyclic amines) is 2. The Morgan fingerprint density at radius 1 is 0.947 bits per heavy atom. The van der Waals surface area contributed by atoms with E-state index in [1.165, 1.54) is 0 Å². The lowest BCUT2D eigenvalue weighted by molar-refractivity contribution is 0.0197. The molecule has 2 amide bonds. The maximum Gasteiger partial charge on any atom is 0.410 e. The molecule has 10 nitrogen and oxygen atoms in total. The lowest BCUT2D eigenvalue weighted by atomic mass is 10.2. The summed E-state index contributed by atoms with van der Waals surface area (Å²) in [6.45, 7) is 13.0. The number of nitrogens with zero attached hydrogens (tertiary/aromatic N) is 4. The second-order valence-electron chi connectivity index (χ2n) is 11.8. The molecule has 3 aliphatic rings. The van der Waals surface area contributed by atoms with Crippen molar-refractivity contribution in [2.75, 3.05) is 19.6 Å². The van der Waals surface area contributed by atoms with Crippen molar-refractivity contribution in [3.63, 3.8) is 0 Å². The summed E-state index contributed by atoms with van der Waals surface area (Å²) in [4.78, 5) is 41.0. The monoisotopic (exact) mass is 522 g/mol. The molecule has 3 atom stereocenters. The van der Waals surface area contributed by atoms with Crippen LogP contribution in [0.4, 0.5) is 9.59 Å². The molecule has 0 radical (unpaired) electrons. The van der Waals surface area contributed by atoms with Crippen molar-refractivity contribution in [2.24, 2.45) is 4.99 Å². The van der Waals surface area contributed by atoms with Crippen molar-refractivity contribution in [3.8, 4) is 23.7 Å². The van der Waals surface area contributed by atoms with Gasteiger partial charge in [-0.05, 0) is 90.9 Å². The van der Waals surface area contributed by atoms with Gasteiger partial charge in [0.15, 0.2) is 0 Å². The Kier molecular flexibility index (Phi) is 8.03. The van der Waals surface area contributed by atoms with Gasteiger partial charge in [0.25, 0.3) is 0 Å². The van der Waals surface area contributed by atoms with E-state index in [0.29, 0.717) is 36.9 Å². The minimum atomic E-state index is -0.545. The molecular weight excluding hydrogens is 484 g/mol. The normalized spacial score (nSPS) is 23.3. The summed E-state index contributed by atoms with van der Waals surface area (Å²) in [5.41, 5.74) is 0.269. The van der Waals surface area contributed by atoms with Crippen LogP contribution in [0.15, 0.2) is 11.2 Å². The average molecular weight is 523 g/mol. The number of rotatable bonds is 2. The molecule has 4 rings (SSSR count). The summed E-state index contributed by atoms with van der Waals surface area (Å²) < 4.78 is 11.1. The maximum absolute atomic E-state index is 12.6. The standard InChI is InChI=1S/C28H38N6O4/c1-27(2,3)37-25(35)33-15-9-13-21(33)23-29-17-19(31-23)11-7-8-12-20-18-30-24(32-20)22-14-10-16-34(22)26(36)38-28(4,5)6/h17,21-22,24,30H,9-10,13-16,18H2,1-6H3,(H,29,31). The van der Waals surface area contributed by atoms with Crippen LogP contribution in [0.25, 0.3) is 0 Å². The zero-order chi connectivity index (χ0) is 27.5. The first-order chi connectivity index (χ1) is 17.9. The van der Waals surface area contributed by atoms with Gasteiger partial charge in [-0.15, -0.1) is 0 Å². The van der Waals surface area contributed by atoms with Crippen LogP contribution in [0.2, 0.25) is 0 Å². The highest BCUT2D eigenvalue weighted by atomic mass is 16.6. The SMILES string of the molecule is CC(C)(C)OC(=O)N1CCCC1c1ncc(C#CC#CC2=NC(C3CCCN3C(=O)OC(C)(C)C)NC2)[nH]1. The Labute approximate surface area is 224 Å². The smallest absolute Gasteiger partial charge is 0.410 e. The van der Waals surface area contributed by atoms with Crippen LogP contribution in [0.3, 0.4) is 0 Å². The highest BCUT2D eigenvalue weighted by Gasteiger charge is 2.38. The highest BCUT2D eigenvalue weighted by molar-refractivity contribution is 6.03. The van der Waals surface area contributed by atoms with Gasteiger partial charge in [-0.3, -0.25) is 15.2 Å². The largest absolute Gasteiger partial charge is 0.444 e. The van der Waals surface area contributed by atoms with Crippen molar-refractivity contribution in [3.05, 3.63) is 17.7 Å². The molecular formula is C28H38N6O4. The van der Waals surface area contributed by atoms with Gasteiger partial charge < -0.3 is 19.4 Å². The molecule has 3 unspecified atom stereocenters. The Bertz CT molecular complexity index is 1200. The molecule has 2 N–H and O–H groups in total. The van der Waals surface area contributed by atoms with E-state index in [1.807, 2.05) is 41.5 Å². The number of aliphatic imine (C=N–C) groups is 1. The second-order valence-corrected chi connectivity index (χ2v) is 11.8. The van der Waals surface area contributed by atoms with Crippen molar-refractivity contribution in [2.45, 2.75) is 96.7 Å². The first-order valence-corrected chi connectivity index (χ1v) is 13.3. The molecule has 38 heavy (non-hydrogen) atoms. The van der Waals surface area contributed by atoms with Crippen LogP contribution in [0, 0.1) is 23.7 Å². The van der Waals surface area contributed by atoms with E-state index >= 15 is 0 Å². The van der Waals surface area contributed by atoms with Gasteiger partial charge >= 0.3 is 12.2 Å². The van der Waals surface area contributed by atoms with Gasteiger partial charge in [-0.25, -0.2) is 14.6 Å². The fourth-order valence-electron chi connectivity index (χ4n) is 4.79. The van der Waals surface area contributed by atoms with Crippen LogP contribution in [0.1, 0.15) is 84.8 Å². The summed E-state index contributed by atoms with van der Waals surface area (Å²) in [6.07, 6.45) is 4.34. The molecule has 0 aromatic carbocycles. The third-order valence-electron chi connectivity index (χ3n) is 6.32. The third-order valence-corrected chi connectivity index (χ3v) is 6.32. The fraction of sp³-hybridized carbons (Fsp3) is 0.643. The minimum absolute atomic E-state index is 0.0468. The van der Waals surface area contributed by atoms with Crippen LogP contribution in [-0.2, 0) is 9.47 Å². The number of H-pyrrole nitrogens is 1. The summed E-state index contributed by atoms with van der Waals surface area (Å²) in [6, 6.07) is -0.201. The molecule has 0 spiro atoms. The number of aromatic nitrogens is 2. The van der Waals surface area contributed by atoms with Crippen LogP contribution >= 0.6 is 0 Å². The Hall–Kier alpha value is -3.50. The van der Waals surface area contributed by atoms with E-state index in [0.717, 1.165) is 25.7 Å². The van der Waals surface area contributed by atoms with E-state index in [9.17, 15) is 9.59 Å². The van der Waals surface area contributed by atoms with E-state index in [1.54, 1.807) is 16.0 Å². The number of nitrogens with one attached hydrogen (secondary N) is 2. The van der Waals surface area contributed by atoms with Crippen molar-refractivity contribution in [1.82, 2.24) is 25.1 Å². The molecule has 1 aromatic heterocycles. The van der Waals surface area contributed by atoms with Gasteiger partial charge in [-0.2, -0.15) is 0 Å². The second kappa shape index (κ2) is 11.1. The number of aromatic amines is 1. The topological polar surface area (TPSA) is 112 Å². The van der Waals surface area contributed by atoms with E-state index < -0.39 is 11.2 Å². The van der Waals surface area contributed by atoms with Crippen molar-refractivity contribution in [1.29, 1.82) is 0 Å². The minimum Gasteiger partial charge on any atom is -0.444 e. The maximum atomic E-state index is 12.6. The number of ether oxygens (including phenoxy) is 2. The zero-order valence-electron chi connectivity index (χ0n) is 23.2. The Morgan fingerprint density at radius 2 is 1.58 bits per heavy atom. The zero-order valence-corrected chi connectivity index (χ0v) is 23.2. The lowest BCUT2D eigenvalue weighted by Gasteiger charge is -2.30. The number of carbonyl (C=O) groups is 2. The quantitative estimate of drug-likeness (QED) is 0.574. The van der Waals surface area contributed by atoms with Gasteiger partial charge in [0.1, 0.15) is 34.6 Å². The molecule has 1 aromatic rings. The van der Waals surface area contributed by atoms with Crippen LogP contribution in [0.5, 0.6) is 0 Å². The first-order valence-electron chi connectivity index (χ1n) is 13.3. The molecule has 3 aliphatic heterocycles. The number of hydrogen-bond donors (Lipinski definition) is 2. The van der Waals surface area contributed by atoms with Gasteiger partial charge in [0, 0.05) is 19.6 Å². The summed E-state index contributed by atoms with van der Waals surface area (Å²) in [5, 5.41) is 3.35. The molecule has 204 valence electrons. The van der Waals surface area contributed by atoms with E-state index in [4.69, 9.17) is 14.5 Å². The van der Waals surface area contributed by atoms with Crippen molar-refractivity contribution >= 4 is 17.9 Å². The molecule has 4 heterocycles. The summed E-state index contributed by atoms with van der Waals surface area (Å²) >= 11 is 0. The fourth-order valence-corrected chi connectivity index (χ4v) is 4.79. The average Bonchev–Trinajstić information content (AvgIpc) is 3.60. The number of carbonyl (C=O) groups excluding carboxylic acids is 2. The Morgan fingerprint density at radius 3 is 2.29 bits per heavy atom. The molecule has 0 bridgehead atoms. The lowest BCUT2D eigenvalue weighted by Crippen LogP contribution is -2.48. The molecule has 2 saturated heterocycles. The Balaban J connectivity index is 1.35. The van der Waals surface area contributed by atoms with Crippen LogP contribution in [-0.4, -0.2) is 80.7 Å². The van der Waals surface area contributed by atoms with Crippen LogP contribution < -0.4 is 5.32 Å². The predicted octanol–water partition coefficient (Wildman–Crippen LogP) is 3.61. The third kappa shape index (κ3) is 7.08. The number of amides is 2. The molecule has 2 fully saturated rings. The van der Waals surface area contributed by atoms with Gasteiger partial charge in [0.05, 0.1) is 18.3 Å². The summed E-state index contributed by atoms with van der Waals surface area (Å²) in [7, 11) is 0. The first kappa shape index (κ1) is 27.5. The highest BCUT2D eigenvalue weighted by Crippen LogP contribution is 2.31. The van der Waals surface area contributed by atoms with Gasteiger partial charge in [-0.1, -0.05) is 0 Å². The molecule has 0 saturated carbocycles.